The molecule has 2 amide bonds. The van der Waals surface area contributed by atoms with E-state index < -0.39 is 6.04 Å². The van der Waals surface area contributed by atoms with E-state index >= 15 is 0 Å². The molecule has 2 atom stereocenters. The average molecular weight is 471 g/mol. The molecule has 4 heteroatoms. The van der Waals surface area contributed by atoms with Gasteiger partial charge in [0.15, 0.2) is 0 Å². The van der Waals surface area contributed by atoms with Gasteiger partial charge in [0.25, 0.3) is 0 Å². The number of hydrogen-bond acceptors (Lipinski definition) is 2. The van der Waals surface area contributed by atoms with Gasteiger partial charge < -0.3 is 10.2 Å². The van der Waals surface area contributed by atoms with Gasteiger partial charge in [-0.05, 0) is 55.9 Å². The van der Waals surface area contributed by atoms with Crippen LogP contribution in [0.25, 0.3) is 0 Å². The Hall–Kier alpha value is -3.40. The van der Waals surface area contributed by atoms with Crippen LogP contribution in [0.2, 0.25) is 0 Å². The normalized spacial score (nSPS) is 12.6. The predicted molar refractivity (Wildman–Crippen MR) is 143 cm³/mol. The first-order chi connectivity index (χ1) is 16.9. The van der Waals surface area contributed by atoms with Gasteiger partial charge in [-0.3, -0.25) is 9.59 Å². The maximum Gasteiger partial charge on any atom is 0.243 e. The summed E-state index contributed by atoms with van der Waals surface area (Å²) in [5, 5.41) is 3.13. The van der Waals surface area contributed by atoms with Crippen LogP contribution < -0.4 is 5.32 Å². The zero-order valence-corrected chi connectivity index (χ0v) is 21.5. The number of benzene rings is 3. The second-order valence-electron chi connectivity index (χ2n) is 9.46. The van der Waals surface area contributed by atoms with Gasteiger partial charge in [-0.2, -0.15) is 0 Å². The summed E-state index contributed by atoms with van der Waals surface area (Å²) in [5.41, 5.74) is 5.54. The first-order valence-electron chi connectivity index (χ1n) is 12.6. The Morgan fingerprint density at radius 3 is 2.17 bits per heavy atom. The smallest absolute Gasteiger partial charge is 0.243 e. The fourth-order valence-electron chi connectivity index (χ4n) is 4.12. The van der Waals surface area contributed by atoms with Crippen LogP contribution in [0.4, 0.5) is 0 Å². The fraction of sp³-hybridized carbons (Fsp3) is 0.355. The van der Waals surface area contributed by atoms with Crippen LogP contribution in [0.5, 0.6) is 0 Å². The third-order valence-electron chi connectivity index (χ3n) is 6.62. The van der Waals surface area contributed by atoms with E-state index in [1.54, 1.807) is 4.90 Å². The van der Waals surface area contributed by atoms with Crippen LogP contribution >= 0.6 is 0 Å². The molecule has 3 rings (SSSR count). The van der Waals surface area contributed by atoms with E-state index in [1.165, 1.54) is 5.56 Å². The van der Waals surface area contributed by atoms with Crippen molar-refractivity contribution in [2.75, 3.05) is 0 Å². The second kappa shape index (κ2) is 12.9. The lowest BCUT2D eigenvalue weighted by Crippen LogP contribution is -2.52. The minimum Gasteiger partial charge on any atom is -0.352 e. The zero-order chi connectivity index (χ0) is 25.2. The van der Waals surface area contributed by atoms with Crippen molar-refractivity contribution in [1.82, 2.24) is 10.2 Å². The highest BCUT2D eigenvalue weighted by Crippen LogP contribution is 2.19. The summed E-state index contributed by atoms with van der Waals surface area (Å²) in [6.45, 7) is 8.57. The lowest BCUT2D eigenvalue weighted by atomic mass is 10.00. The van der Waals surface area contributed by atoms with E-state index in [0.29, 0.717) is 25.8 Å². The summed E-state index contributed by atoms with van der Waals surface area (Å²) in [7, 11) is 0. The Morgan fingerprint density at radius 1 is 0.857 bits per heavy atom. The van der Waals surface area contributed by atoms with Gasteiger partial charge in [-0.1, -0.05) is 91.3 Å². The summed E-state index contributed by atoms with van der Waals surface area (Å²) in [5.74, 6) is -0.102. The highest BCUT2D eigenvalue weighted by atomic mass is 16.2. The van der Waals surface area contributed by atoms with E-state index in [0.717, 1.165) is 28.7 Å². The van der Waals surface area contributed by atoms with Crippen molar-refractivity contribution in [3.05, 3.63) is 107 Å². The minimum atomic E-state index is -0.587. The summed E-state index contributed by atoms with van der Waals surface area (Å²) in [6.07, 6.45) is 2.32. The highest BCUT2D eigenvalue weighted by Gasteiger charge is 2.31. The molecule has 0 bridgehead atoms. The second-order valence-corrected chi connectivity index (χ2v) is 9.46. The predicted octanol–water partition coefficient (Wildman–Crippen LogP) is 5.79. The van der Waals surface area contributed by atoms with Gasteiger partial charge in [0, 0.05) is 25.4 Å². The Morgan fingerprint density at radius 2 is 1.51 bits per heavy atom. The first-order valence-corrected chi connectivity index (χ1v) is 12.6. The first kappa shape index (κ1) is 26.2. The molecule has 0 aliphatic heterocycles. The minimum absolute atomic E-state index is 0.00550. The molecule has 184 valence electrons. The largest absolute Gasteiger partial charge is 0.352 e. The molecule has 0 radical (unpaired) electrons. The fourth-order valence-corrected chi connectivity index (χ4v) is 4.12. The molecule has 0 aliphatic carbocycles. The monoisotopic (exact) mass is 470 g/mol. The number of nitrogens with zero attached hydrogens (tertiary/aromatic N) is 1. The van der Waals surface area contributed by atoms with E-state index in [4.69, 9.17) is 0 Å². The lowest BCUT2D eigenvalue weighted by Gasteiger charge is -2.33. The van der Waals surface area contributed by atoms with Gasteiger partial charge in [0.2, 0.25) is 11.8 Å². The molecule has 3 aromatic rings. The number of carbonyl (C=O) groups excluding carboxylic acids is 2. The molecule has 0 saturated carbocycles. The molecule has 0 unspecified atom stereocenters. The molecule has 0 spiro atoms. The molecular formula is C31H38N2O2. The molecule has 3 aromatic carbocycles. The van der Waals surface area contributed by atoms with Crippen molar-refractivity contribution in [2.45, 2.75) is 72.0 Å². The Balaban J connectivity index is 1.91. The molecule has 4 nitrogen and oxygen atoms in total. The lowest BCUT2D eigenvalue weighted by molar-refractivity contribution is -0.141. The van der Waals surface area contributed by atoms with Gasteiger partial charge in [0.1, 0.15) is 6.04 Å². The van der Waals surface area contributed by atoms with Gasteiger partial charge in [0.05, 0.1) is 0 Å². The number of aryl methyl sites for hydroxylation is 3. The van der Waals surface area contributed by atoms with Crippen LogP contribution in [0.3, 0.4) is 0 Å². The van der Waals surface area contributed by atoms with E-state index in [2.05, 4.69) is 56.4 Å². The number of amides is 2. The molecule has 0 heterocycles. The Labute approximate surface area is 210 Å². The van der Waals surface area contributed by atoms with E-state index in [-0.39, 0.29) is 17.9 Å². The van der Waals surface area contributed by atoms with Gasteiger partial charge in [-0.15, -0.1) is 0 Å². The van der Waals surface area contributed by atoms with Crippen LogP contribution in [-0.4, -0.2) is 28.8 Å². The standard InChI is InChI=1S/C31H38N2O2/c1-5-25(4)32-31(35)29(21-27-12-7-6-8-13-27)33(22-28-14-10-9-11-24(28)3)30(34)20-19-26-17-15-23(2)16-18-26/h6-18,25,29H,5,19-22H2,1-4H3,(H,32,35)/t25-,29+/m0/s1. The van der Waals surface area contributed by atoms with Crippen LogP contribution in [0.15, 0.2) is 78.9 Å². The van der Waals surface area contributed by atoms with Gasteiger partial charge in [-0.25, -0.2) is 0 Å². The van der Waals surface area contributed by atoms with Crippen molar-refractivity contribution in [1.29, 1.82) is 0 Å². The molecule has 0 aromatic heterocycles. The summed E-state index contributed by atoms with van der Waals surface area (Å²) in [6, 6.07) is 25.8. The molecule has 0 aliphatic rings. The van der Waals surface area contributed by atoms with Gasteiger partial charge >= 0.3 is 0 Å². The highest BCUT2D eigenvalue weighted by molar-refractivity contribution is 5.88. The topological polar surface area (TPSA) is 49.4 Å². The SMILES string of the molecule is CC[C@H](C)NC(=O)[C@@H](Cc1ccccc1)N(Cc1ccccc1C)C(=O)CCc1ccc(C)cc1. The number of nitrogens with one attached hydrogen (secondary N) is 1. The maximum absolute atomic E-state index is 13.7. The molecule has 35 heavy (non-hydrogen) atoms. The molecule has 0 saturated heterocycles. The van der Waals surface area contributed by atoms with Crippen molar-refractivity contribution in [3.8, 4) is 0 Å². The summed E-state index contributed by atoms with van der Waals surface area (Å²) < 4.78 is 0. The molecule has 1 N–H and O–H groups in total. The molecular weight excluding hydrogens is 432 g/mol. The number of rotatable bonds is 11. The third-order valence-corrected chi connectivity index (χ3v) is 6.62. The zero-order valence-electron chi connectivity index (χ0n) is 21.5. The molecule has 0 fully saturated rings. The Kier molecular flexibility index (Phi) is 9.66. The quantitative estimate of drug-likeness (QED) is 0.386. The van der Waals surface area contributed by atoms with E-state index in [1.807, 2.05) is 55.5 Å². The van der Waals surface area contributed by atoms with Crippen LogP contribution in [-0.2, 0) is 29.0 Å². The van der Waals surface area contributed by atoms with Crippen molar-refractivity contribution in [2.24, 2.45) is 0 Å². The maximum atomic E-state index is 13.7. The average Bonchev–Trinajstić information content (AvgIpc) is 2.87. The summed E-state index contributed by atoms with van der Waals surface area (Å²) in [4.78, 5) is 29.1. The Bertz CT molecular complexity index is 1090. The third kappa shape index (κ3) is 7.81. The van der Waals surface area contributed by atoms with Crippen LogP contribution in [0.1, 0.15) is 54.5 Å². The van der Waals surface area contributed by atoms with Crippen molar-refractivity contribution in [3.63, 3.8) is 0 Å². The number of carbonyl (C=O) groups is 2. The van der Waals surface area contributed by atoms with E-state index in [9.17, 15) is 9.59 Å². The number of hydrogen-bond donors (Lipinski definition) is 1. The van der Waals surface area contributed by atoms with Crippen LogP contribution in [0, 0.1) is 13.8 Å². The van der Waals surface area contributed by atoms with Crippen molar-refractivity contribution >= 4 is 11.8 Å². The van der Waals surface area contributed by atoms with Crippen molar-refractivity contribution < 1.29 is 9.59 Å². The summed E-state index contributed by atoms with van der Waals surface area (Å²) >= 11 is 0.